The molecule has 1 saturated carbocycles. The van der Waals surface area contributed by atoms with E-state index in [4.69, 9.17) is 32.8 Å². The Bertz CT molecular complexity index is 884. The Balaban J connectivity index is 1.61. The van der Waals surface area contributed by atoms with Gasteiger partial charge < -0.3 is 14.5 Å². The summed E-state index contributed by atoms with van der Waals surface area (Å²) in [6.45, 7) is 1.57. The lowest BCUT2D eigenvalue weighted by Gasteiger charge is -2.27. The molecule has 2 atom stereocenters. The van der Waals surface area contributed by atoms with Gasteiger partial charge in [0.25, 0.3) is 0 Å². The summed E-state index contributed by atoms with van der Waals surface area (Å²) in [6, 6.07) is 13.7. The number of halogens is 2. The highest BCUT2D eigenvalue weighted by Gasteiger charge is 2.64. The van der Waals surface area contributed by atoms with Crippen molar-refractivity contribution in [1.82, 2.24) is 4.90 Å². The minimum absolute atomic E-state index is 0.151. The van der Waals surface area contributed by atoms with Gasteiger partial charge in [0.1, 0.15) is 18.0 Å². The molecule has 0 N–H and O–H groups in total. The quantitative estimate of drug-likeness (QED) is 0.503. The summed E-state index contributed by atoms with van der Waals surface area (Å²) in [5, 5.41) is 5.60. The average Bonchev–Trinajstić information content (AvgIpc) is 3.38. The molecule has 6 heteroatoms. The van der Waals surface area contributed by atoms with Gasteiger partial charge in [-0.3, -0.25) is 0 Å². The third-order valence-electron chi connectivity index (χ3n) is 5.11. The number of para-hydroxylation sites is 1. The van der Waals surface area contributed by atoms with Gasteiger partial charge in [0, 0.05) is 18.5 Å². The van der Waals surface area contributed by atoms with Gasteiger partial charge >= 0.3 is 0 Å². The zero-order valence-corrected chi connectivity index (χ0v) is 16.9. The molecule has 2 unspecified atom stereocenters. The molecule has 4 nitrogen and oxygen atoms in total. The van der Waals surface area contributed by atoms with Gasteiger partial charge in [-0.05, 0) is 50.3 Å². The van der Waals surface area contributed by atoms with Crippen LogP contribution < -0.4 is 4.74 Å². The Labute approximate surface area is 169 Å². The molecule has 0 spiro atoms. The Kier molecular flexibility index (Phi) is 5.06. The molecule has 0 radical (unpaired) electrons. The van der Waals surface area contributed by atoms with Gasteiger partial charge in [-0.25, -0.2) is 0 Å². The lowest BCUT2D eigenvalue weighted by molar-refractivity contribution is 0.129. The number of hydrogen-bond donors (Lipinski definition) is 0. The number of rotatable bonds is 6. The number of benzene rings is 2. The third kappa shape index (κ3) is 3.54. The van der Waals surface area contributed by atoms with E-state index in [1.807, 2.05) is 42.5 Å². The molecule has 27 heavy (non-hydrogen) atoms. The summed E-state index contributed by atoms with van der Waals surface area (Å²) in [7, 11) is 4.10. The van der Waals surface area contributed by atoms with E-state index in [9.17, 15) is 0 Å². The fourth-order valence-corrected chi connectivity index (χ4v) is 3.93. The van der Waals surface area contributed by atoms with E-state index in [-0.39, 0.29) is 5.92 Å². The first-order valence-electron chi connectivity index (χ1n) is 9.10. The lowest BCUT2D eigenvalue weighted by Crippen LogP contribution is -2.28. The first-order chi connectivity index (χ1) is 13.0. The fourth-order valence-electron chi connectivity index (χ4n) is 3.64. The van der Waals surface area contributed by atoms with E-state index >= 15 is 0 Å². The Morgan fingerprint density at radius 1 is 1.19 bits per heavy atom. The molecule has 2 aliphatic rings. The van der Waals surface area contributed by atoms with Crippen molar-refractivity contribution < 1.29 is 9.57 Å². The third-order valence-corrected chi connectivity index (χ3v) is 5.85. The highest BCUT2D eigenvalue weighted by molar-refractivity contribution is 6.42. The number of ether oxygens (including phenoxy) is 1. The Morgan fingerprint density at radius 2 is 2.00 bits per heavy atom. The molecule has 0 saturated heterocycles. The van der Waals surface area contributed by atoms with Crippen LogP contribution in [-0.2, 0) is 10.4 Å². The standard InChI is InChI=1S/C21H22Cl2N2O2/c1-25(2)10-5-11-26-24-20-15-6-3-4-7-19(15)27-21(13-16(20)21)14-8-9-17(22)18(23)12-14/h3-4,6-9,12,16H,5,10-11,13H2,1-2H3. The average molecular weight is 405 g/mol. The lowest BCUT2D eigenvalue weighted by atomic mass is 9.96. The monoisotopic (exact) mass is 404 g/mol. The molecular formula is C21H22Cl2N2O2. The van der Waals surface area contributed by atoms with Crippen molar-refractivity contribution in [1.29, 1.82) is 0 Å². The number of fused-ring (bicyclic) bond motifs is 2. The Morgan fingerprint density at radius 3 is 2.78 bits per heavy atom. The predicted octanol–water partition coefficient (Wildman–Crippen LogP) is 4.97. The van der Waals surface area contributed by atoms with Crippen molar-refractivity contribution in [3.05, 3.63) is 63.6 Å². The van der Waals surface area contributed by atoms with E-state index in [2.05, 4.69) is 24.2 Å². The zero-order chi connectivity index (χ0) is 19.0. The molecule has 4 rings (SSSR count). The summed E-state index contributed by atoms with van der Waals surface area (Å²) in [6.07, 6.45) is 1.78. The van der Waals surface area contributed by atoms with Crippen molar-refractivity contribution in [3.8, 4) is 5.75 Å². The topological polar surface area (TPSA) is 34.1 Å². The minimum Gasteiger partial charge on any atom is -0.481 e. The van der Waals surface area contributed by atoms with E-state index in [0.29, 0.717) is 16.7 Å². The maximum atomic E-state index is 6.42. The second-order valence-electron chi connectivity index (χ2n) is 7.34. The fraction of sp³-hybridized carbons (Fsp3) is 0.381. The number of hydrogen-bond acceptors (Lipinski definition) is 4. The molecule has 0 bridgehead atoms. The summed E-state index contributed by atoms with van der Waals surface area (Å²) >= 11 is 12.3. The molecule has 1 aliphatic carbocycles. The molecular weight excluding hydrogens is 383 g/mol. The van der Waals surface area contributed by atoms with Crippen LogP contribution in [0.3, 0.4) is 0 Å². The summed E-state index contributed by atoms with van der Waals surface area (Å²) in [4.78, 5) is 7.80. The van der Waals surface area contributed by atoms with Crippen molar-refractivity contribution in [2.24, 2.45) is 11.1 Å². The molecule has 0 amide bonds. The summed E-state index contributed by atoms with van der Waals surface area (Å²) in [5.74, 6) is 0.978. The van der Waals surface area contributed by atoms with Gasteiger partial charge in [0.2, 0.25) is 0 Å². The second-order valence-corrected chi connectivity index (χ2v) is 8.15. The van der Waals surface area contributed by atoms with Crippen molar-refractivity contribution >= 4 is 28.9 Å². The highest BCUT2D eigenvalue weighted by Crippen LogP contribution is 2.60. The van der Waals surface area contributed by atoms with E-state index in [1.165, 1.54) is 0 Å². The van der Waals surface area contributed by atoms with Crippen LogP contribution in [0.1, 0.15) is 24.0 Å². The van der Waals surface area contributed by atoms with Crippen LogP contribution in [-0.4, -0.2) is 37.9 Å². The maximum absolute atomic E-state index is 6.42. The number of oxime groups is 1. The van der Waals surface area contributed by atoms with Gasteiger partial charge in [0.15, 0.2) is 0 Å². The maximum Gasteiger partial charge on any atom is 0.143 e. The molecule has 1 heterocycles. The van der Waals surface area contributed by atoms with Gasteiger partial charge in [-0.1, -0.05) is 46.6 Å². The van der Waals surface area contributed by atoms with Crippen LogP contribution in [0, 0.1) is 5.92 Å². The van der Waals surface area contributed by atoms with Crippen molar-refractivity contribution in [2.45, 2.75) is 18.4 Å². The van der Waals surface area contributed by atoms with Crippen LogP contribution in [0.15, 0.2) is 47.6 Å². The first kappa shape index (κ1) is 18.6. The second kappa shape index (κ2) is 7.34. The molecule has 142 valence electrons. The normalized spacial score (nSPS) is 24.3. The highest BCUT2D eigenvalue weighted by atomic mass is 35.5. The predicted molar refractivity (Wildman–Crippen MR) is 109 cm³/mol. The molecule has 1 fully saturated rings. The summed E-state index contributed by atoms with van der Waals surface area (Å²) < 4.78 is 6.42. The molecule has 1 aliphatic heterocycles. The van der Waals surface area contributed by atoms with Crippen LogP contribution >= 0.6 is 23.2 Å². The van der Waals surface area contributed by atoms with Gasteiger partial charge in [-0.15, -0.1) is 0 Å². The Hall–Kier alpha value is -1.75. The van der Waals surface area contributed by atoms with Crippen LogP contribution in [0.4, 0.5) is 0 Å². The zero-order valence-electron chi connectivity index (χ0n) is 15.4. The number of nitrogens with zero attached hydrogens (tertiary/aromatic N) is 2. The van der Waals surface area contributed by atoms with Crippen LogP contribution in [0.5, 0.6) is 5.75 Å². The van der Waals surface area contributed by atoms with E-state index in [0.717, 1.165) is 42.0 Å². The summed E-state index contributed by atoms with van der Waals surface area (Å²) in [5.41, 5.74) is 2.54. The SMILES string of the molecule is CN(C)CCCON=C1c2ccccc2OC2(c3ccc(Cl)c(Cl)c3)CC12. The molecule has 2 aromatic carbocycles. The van der Waals surface area contributed by atoms with E-state index in [1.54, 1.807) is 0 Å². The van der Waals surface area contributed by atoms with Crippen molar-refractivity contribution in [2.75, 3.05) is 27.2 Å². The van der Waals surface area contributed by atoms with Crippen molar-refractivity contribution in [3.63, 3.8) is 0 Å². The van der Waals surface area contributed by atoms with Gasteiger partial charge in [0.05, 0.1) is 21.7 Å². The smallest absolute Gasteiger partial charge is 0.143 e. The molecule has 0 aromatic heterocycles. The largest absolute Gasteiger partial charge is 0.481 e. The van der Waals surface area contributed by atoms with Crippen LogP contribution in [0.25, 0.3) is 0 Å². The van der Waals surface area contributed by atoms with Gasteiger partial charge in [-0.2, -0.15) is 0 Å². The minimum atomic E-state index is -0.436. The molecule has 2 aromatic rings. The van der Waals surface area contributed by atoms with E-state index < -0.39 is 5.60 Å². The first-order valence-corrected chi connectivity index (χ1v) is 9.85. The van der Waals surface area contributed by atoms with Crippen LogP contribution in [0.2, 0.25) is 10.0 Å².